The van der Waals surface area contributed by atoms with E-state index in [0.29, 0.717) is 12.3 Å². The summed E-state index contributed by atoms with van der Waals surface area (Å²) in [6, 6.07) is 17.8. The number of aryl methyl sites for hydroxylation is 2. The average Bonchev–Trinajstić information content (AvgIpc) is 2.71. The molecule has 0 aliphatic carbocycles. The van der Waals surface area contributed by atoms with E-state index >= 15 is 0 Å². The molecule has 1 amide bonds. The van der Waals surface area contributed by atoms with Gasteiger partial charge in [-0.15, -0.1) is 10.2 Å². The maximum atomic E-state index is 12.1. The summed E-state index contributed by atoms with van der Waals surface area (Å²) in [4.78, 5) is 12.1. The number of rotatable bonds is 7. The van der Waals surface area contributed by atoms with Crippen molar-refractivity contribution < 1.29 is 9.53 Å². The molecule has 1 aromatic heterocycles. The molecule has 3 rings (SSSR count). The fourth-order valence-electron chi connectivity index (χ4n) is 2.82. The lowest BCUT2D eigenvalue weighted by Gasteiger charge is -2.08. The molecule has 0 bridgehead atoms. The highest BCUT2D eigenvalue weighted by atomic mass is 32.2. The number of methoxy groups -OCH3 is 1. The zero-order valence-corrected chi connectivity index (χ0v) is 17.0. The van der Waals surface area contributed by atoms with Gasteiger partial charge < -0.3 is 10.1 Å². The van der Waals surface area contributed by atoms with Crippen LogP contribution in [0.15, 0.2) is 59.6 Å². The summed E-state index contributed by atoms with van der Waals surface area (Å²) in [5.41, 5.74) is 5.30. The smallest absolute Gasteiger partial charge is 0.230 e. The van der Waals surface area contributed by atoms with Gasteiger partial charge in [0.25, 0.3) is 0 Å². The van der Waals surface area contributed by atoms with Crippen LogP contribution in [0.2, 0.25) is 0 Å². The quantitative estimate of drug-likeness (QED) is 0.610. The Morgan fingerprint density at radius 2 is 1.93 bits per heavy atom. The first-order valence-corrected chi connectivity index (χ1v) is 9.97. The van der Waals surface area contributed by atoms with Crippen LogP contribution < -0.4 is 10.1 Å². The topological polar surface area (TPSA) is 64.1 Å². The Kier molecular flexibility index (Phi) is 6.66. The third-order valence-electron chi connectivity index (χ3n) is 4.27. The number of ether oxygens (including phenoxy) is 1. The molecule has 144 valence electrons. The van der Waals surface area contributed by atoms with E-state index in [1.165, 1.54) is 22.9 Å². The molecule has 0 spiro atoms. The van der Waals surface area contributed by atoms with Crippen LogP contribution in [0.25, 0.3) is 11.3 Å². The number of nitrogens with one attached hydrogen (secondary N) is 1. The molecule has 3 aromatic rings. The van der Waals surface area contributed by atoms with Crippen molar-refractivity contribution in [2.75, 3.05) is 12.9 Å². The van der Waals surface area contributed by atoms with Crippen LogP contribution in [-0.4, -0.2) is 29.0 Å². The Morgan fingerprint density at radius 1 is 1.07 bits per heavy atom. The van der Waals surface area contributed by atoms with Gasteiger partial charge in [-0.2, -0.15) is 0 Å². The molecule has 2 aromatic carbocycles. The van der Waals surface area contributed by atoms with Gasteiger partial charge in [-0.25, -0.2) is 0 Å². The Balaban J connectivity index is 1.52. The second-order valence-electron chi connectivity index (χ2n) is 6.49. The summed E-state index contributed by atoms with van der Waals surface area (Å²) in [6.07, 6.45) is 0. The maximum Gasteiger partial charge on any atom is 0.230 e. The van der Waals surface area contributed by atoms with Crippen molar-refractivity contribution in [3.05, 3.63) is 71.3 Å². The Labute approximate surface area is 169 Å². The first kappa shape index (κ1) is 19.9. The van der Waals surface area contributed by atoms with Crippen LogP contribution in [0.5, 0.6) is 5.75 Å². The normalized spacial score (nSPS) is 10.5. The van der Waals surface area contributed by atoms with Gasteiger partial charge in [0.1, 0.15) is 10.8 Å². The highest BCUT2D eigenvalue weighted by Gasteiger charge is 2.07. The van der Waals surface area contributed by atoms with Crippen molar-refractivity contribution in [3.8, 4) is 17.0 Å². The minimum atomic E-state index is -0.0481. The standard InChI is InChI=1S/C22H23N3O2S/c1-15-7-8-19(16(2)11-15)20-9-10-22(25-24-20)28-14-21(26)23-13-17-5-4-6-18(12-17)27-3/h4-12H,13-14H2,1-3H3,(H,23,26). The maximum absolute atomic E-state index is 12.1. The molecule has 28 heavy (non-hydrogen) atoms. The molecule has 0 fully saturated rings. The van der Waals surface area contributed by atoms with E-state index in [-0.39, 0.29) is 5.91 Å². The second-order valence-corrected chi connectivity index (χ2v) is 7.49. The number of hydrogen-bond acceptors (Lipinski definition) is 5. The number of thioether (sulfide) groups is 1. The first-order valence-electron chi connectivity index (χ1n) is 8.99. The van der Waals surface area contributed by atoms with Crippen LogP contribution in [0.1, 0.15) is 16.7 Å². The predicted molar refractivity (Wildman–Crippen MR) is 113 cm³/mol. The van der Waals surface area contributed by atoms with Crippen LogP contribution >= 0.6 is 11.8 Å². The number of benzene rings is 2. The van der Waals surface area contributed by atoms with Gasteiger partial charge in [-0.1, -0.05) is 47.7 Å². The molecule has 0 saturated heterocycles. The van der Waals surface area contributed by atoms with Crippen molar-refractivity contribution in [1.82, 2.24) is 15.5 Å². The van der Waals surface area contributed by atoms with Crippen LogP contribution in [0.3, 0.4) is 0 Å². The summed E-state index contributed by atoms with van der Waals surface area (Å²) in [7, 11) is 1.63. The molecular formula is C22H23N3O2S. The second kappa shape index (κ2) is 9.37. The molecule has 0 unspecified atom stereocenters. The number of carbonyl (C=O) groups excluding carboxylic acids is 1. The molecular weight excluding hydrogens is 370 g/mol. The van der Waals surface area contributed by atoms with Crippen LogP contribution in [0, 0.1) is 13.8 Å². The van der Waals surface area contributed by atoms with Crippen molar-refractivity contribution in [2.24, 2.45) is 0 Å². The average molecular weight is 394 g/mol. The summed E-state index contributed by atoms with van der Waals surface area (Å²) < 4.78 is 5.19. The highest BCUT2D eigenvalue weighted by molar-refractivity contribution is 7.99. The van der Waals surface area contributed by atoms with E-state index in [0.717, 1.165) is 27.6 Å². The summed E-state index contributed by atoms with van der Waals surface area (Å²) in [6.45, 7) is 4.61. The van der Waals surface area contributed by atoms with Gasteiger partial charge in [0, 0.05) is 12.1 Å². The third kappa shape index (κ3) is 5.33. The van der Waals surface area contributed by atoms with E-state index in [4.69, 9.17) is 4.74 Å². The molecule has 0 saturated carbocycles. The SMILES string of the molecule is COc1cccc(CNC(=O)CSc2ccc(-c3ccc(C)cc3C)nn2)c1. The fourth-order valence-corrected chi connectivity index (χ4v) is 3.46. The van der Waals surface area contributed by atoms with Gasteiger partial charge in [-0.05, 0) is 49.2 Å². The lowest BCUT2D eigenvalue weighted by Crippen LogP contribution is -2.24. The van der Waals surface area contributed by atoms with Crippen LogP contribution in [0.4, 0.5) is 0 Å². The first-order chi connectivity index (χ1) is 13.5. The molecule has 0 radical (unpaired) electrons. The summed E-state index contributed by atoms with van der Waals surface area (Å²) in [5, 5.41) is 12.2. The van der Waals surface area contributed by atoms with Gasteiger partial charge >= 0.3 is 0 Å². The number of carbonyl (C=O) groups is 1. The van der Waals surface area contributed by atoms with E-state index < -0.39 is 0 Å². The zero-order chi connectivity index (χ0) is 19.9. The molecule has 0 aliphatic rings. The minimum Gasteiger partial charge on any atom is -0.497 e. The highest BCUT2D eigenvalue weighted by Crippen LogP contribution is 2.23. The largest absolute Gasteiger partial charge is 0.497 e. The van der Waals surface area contributed by atoms with Crippen molar-refractivity contribution in [3.63, 3.8) is 0 Å². The summed E-state index contributed by atoms with van der Waals surface area (Å²) >= 11 is 1.37. The molecule has 0 aliphatic heterocycles. The lowest BCUT2D eigenvalue weighted by molar-refractivity contribution is -0.118. The molecule has 0 atom stereocenters. The van der Waals surface area contributed by atoms with Gasteiger partial charge in [0.2, 0.25) is 5.91 Å². The molecule has 6 heteroatoms. The predicted octanol–water partition coefficient (Wildman–Crippen LogP) is 4.18. The van der Waals surface area contributed by atoms with Crippen LogP contribution in [-0.2, 0) is 11.3 Å². The fraction of sp³-hybridized carbons (Fsp3) is 0.227. The Morgan fingerprint density at radius 3 is 2.64 bits per heavy atom. The number of hydrogen-bond donors (Lipinski definition) is 1. The summed E-state index contributed by atoms with van der Waals surface area (Å²) in [5.74, 6) is 1.02. The molecule has 5 nitrogen and oxygen atoms in total. The third-order valence-corrected chi connectivity index (χ3v) is 5.19. The molecule has 1 heterocycles. The van der Waals surface area contributed by atoms with Gasteiger partial charge in [0.05, 0.1) is 18.6 Å². The van der Waals surface area contributed by atoms with Gasteiger partial charge in [-0.3, -0.25) is 4.79 Å². The van der Waals surface area contributed by atoms with Crippen molar-refractivity contribution in [1.29, 1.82) is 0 Å². The zero-order valence-electron chi connectivity index (χ0n) is 16.2. The van der Waals surface area contributed by atoms with E-state index in [9.17, 15) is 4.79 Å². The van der Waals surface area contributed by atoms with E-state index in [1.54, 1.807) is 7.11 Å². The monoisotopic (exact) mass is 393 g/mol. The minimum absolute atomic E-state index is 0.0481. The van der Waals surface area contributed by atoms with Crippen molar-refractivity contribution in [2.45, 2.75) is 25.4 Å². The molecule has 1 N–H and O–H groups in total. The van der Waals surface area contributed by atoms with Gasteiger partial charge in [0.15, 0.2) is 0 Å². The van der Waals surface area contributed by atoms with E-state index in [2.05, 4.69) is 47.6 Å². The Hall–Kier alpha value is -2.86. The van der Waals surface area contributed by atoms with Crippen molar-refractivity contribution >= 4 is 17.7 Å². The van der Waals surface area contributed by atoms with E-state index in [1.807, 2.05) is 36.4 Å². The Bertz CT molecular complexity index is 958. The number of amides is 1. The number of aromatic nitrogens is 2. The number of nitrogens with zero attached hydrogens (tertiary/aromatic N) is 2. The lowest BCUT2D eigenvalue weighted by atomic mass is 10.0.